The Morgan fingerprint density at radius 2 is 2.00 bits per heavy atom. The maximum Gasteiger partial charge on any atom is 0.336 e. The number of methoxy groups -OCH3 is 2. The fourth-order valence-corrected chi connectivity index (χ4v) is 0.667. The number of hydrogen-bond donors (Lipinski definition) is 2. The first-order valence-electron chi connectivity index (χ1n) is 4.09. The summed E-state index contributed by atoms with van der Waals surface area (Å²) in [6, 6.07) is 0. The van der Waals surface area contributed by atoms with E-state index >= 15 is 0 Å². The van der Waals surface area contributed by atoms with E-state index in [1.165, 1.54) is 7.11 Å². The van der Waals surface area contributed by atoms with E-state index in [9.17, 15) is 9.59 Å². The van der Waals surface area contributed by atoms with Crippen molar-refractivity contribution in [1.82, 2.24) is 5.32 Å². The minimum absolute atomic E-state index is 0.181. The zero-order valence-electron chi connectivity index (χ0n) is 8.44. The van der Waals surface area contributed by atoms with Crippen LogP contribution in [-0.2, 0) is 19.1 Å². The van der Waals surface area contributed by atoms with E-state index in [1.807, 2.05) is 0 Å². The molecule has 0 aromatic rings. The number of aliphatic hydroxyl groups excluding tert-OH is 1. The molecule has 0 aromatic carbocycles. The second kappa shape index (κ2) is 6.33. The maximum absolute atomic E-state index is 11.1. The van der Waals surface area contributed by atoms with Crippen LogP contribution < -0.4 is 5.32 Å². The molecule has 1 amide bonds. The molecule has 0 spiro atoms. The summed E-state index contributed by atoms with van der Waals surface area (Å²) in [5, 5.41) is 11.4. The normalized spacial score (nSPS) is 14.3. The summed E-state index contributed by atoms with van der Waals surface area (Å²) < 4.78 is 8.98. The Kier molecular flexibility index (Phi) is 5.82. The van der Waals surface area contributed by atoms with Gasteiger partial charge in [0.15, 0.2) is 6.10 Å². The van der Waals surface area contributed by atoms with Gasteiger partial charge >= 0.3 is 5.97 Å². The number of amides is 1. The summed E-state index contributed by atoms with van der Waals surface area (Å²) in [7, 11) is 2.55. The van der Waals surface area contributed by atoms with Gasteiger partial charge < -0.3 is 19.9 Å². The Hall–Kier alpha value is -1.14. The molecule has 0 aliphatic rings. The third kappa shape index (κ3) is 4.20. The van der Waals surface area contributed by atoms with Gasteiger partial charge in [-0.2, -0.15) is 0 Å². The highest BCUT2D eigenvalue weighted by Gasteiger charge is 2.18. The van der Waals surface area contributed by atoms with Gasteiger partial charge in [0, 0.05) is 7.11 Å². The van der Waals surface area contributed by atoms with Gasteiger partial charge in [-0.3, -0.25) is 4.79 Å². The highest BCUT2D eigenvalue weighted by atomic mass is 16.5. The van der Waals surface area contributed by atoms with E-state index in [4.69, 9.17) is 9.84 Å². The van der Waals surface area contributed by atoms with Crippen molar-refractivity contribution >= 4 is 11.9 Å². The monoisotopic (exact) mass is 205 g/mol. The van der Waals surface area contributed by atoms with Crippen LogP contribution in [0.5, 0.6) is 0 Å². The summed E-state index contributed by atoms with van der Waals surface area (Å²) in [4.78, 5) is 21.8. The Labute approximate surface area is 82.2 Å². The average Bonchev–Trinajstić information content (AvgIpc) is 2.22. The highest BCUT2D eigenvalue weighted by molar-refractivity contribution is 5.81. The van der Waals surface area contributed by atoms with E-state index in [-0.39, 0.29) is 6.54 Å². The van der Waals surface area contributed by atoms with Crippen LogP contribution in [-0.4, -0.2) is 50.0 Å². The van der Waals surface area contributed by atoms with Crippen LogP contribution in [0.3, 0.4) is 0 Å². The van der Waals surface area contributed by atoms with Crippen LogP contribution in [0.15, 0.2) is 0 Å². The topological polar surface area (TPSA) is 84.9 Å². The summed E-state index contributed by atoms with van der Waals surface area (Å²) in [5.74, 6) is -1.18. The minimum atomic E-state index is -1.34. The predicted octanol–water partition coefficient (Wildman–Crippen LogP) is -1.33. The van der Waals surface area contributed by atoms with E-state index in [2.05, 4.69) is 10.1 Å². The Balaban J connectivity index is 3.82. The van der Waals surface area contributed by atoms with Crippen molar-refractivity contribution in [3.63, 3.8) is 0 Å². The number of carbonyl (C=O) groups excluding carboxylic acids is 2. The first-order valence-corrected chi connectivity index (χ1v) is 4.09. The van der Waals surface area contributed by atoms with Gasteiger partial charge in [0.05, 0.1) is 13.7 Å². The van der Waals surface area contributed by atoms with Gasteiger partial charge in [0.25, 0.3) is 0 Å². The zero-order valence-corrected chi connectivity index (χ0v) is 8.44. The standard InChI is InChI=1S/C8H15NO5/c1-5(13-2)7(11)9-4-6(10)8(12)14-3/h5-6,10H,4H2,1-3H3,(H,9,11). The van der Waals surface area contributed by atoms with E-state index in [0.717, 1.165) is 7.11 Å². The smallest absolute Gasteiger partial charge is 0.336 e. The van der Waals surface area contributed by atoms with Crippen LogP contribution in [0.1, 0.15) is 6.92 Å². The van der Waals surface area contributed by atoms with E-state index < -0.39 is 24.1 Å². The third-order valence-corrected chi connectivity index (χ3v) is 1.67. The number of carbonyl (C=O) groups is 2. The van der Waals surface area contributed by atoms with Gasteiger partial charge in [-0.1, -0.05) is 0 Å². The molecule has 14 heavy (non-hydrogen) atoms. The fourth-order valence-electron chi connectivity index (χ4n) is 0.667. The van der Waals surface area contributed by atoms with Gasteiger partial charge in [-0.05, 0) is 6.92 Å². The molecule has 0 saturated carbocycles. The molecule has 0 bridgehead atoms. The molecule has 0 rings (SSSR count). The molecule has 82 valence electrons. The second-order valence-electron chi connectivity index (χ2n) is 2.66. The molecular weight excluding hydrogens is 190 g/mol. The molecule has 0 aromatic heterocycles. The van der Waals surface area contributed by atoms with Gasteiger partial charge in [-0.15, -0.1) is 0 Å². The molecular formula is C8H15NO5. The summed E-state index contributed by atoms with van der Waals surface area (Å²) in [6.45, 7) is 1.37. The highest BCUT2D eigenvalue weighted by Crippen LogP contribution is 1.89. The van der Waals surface area contributed by atoms with E-state index in [0.29, 0.717) is 0 Å². The van der Waals surface area contributed by atoms with Crippen molar-refractivity contribution in [1.29, 1.82) is 0 Å². The lowest BCUT2D eigenvalue weighted by Gasteiger charge is -2.12. The predicted molar refractivity (Wildman–Crippen MR) is 47.5 cm³/mol. The van der Waals surface area contributed by atoms with Crippen LogP contribution in [0, 0.1) is 0 Å². The average molecular weight is 205 g/mol. The molecule has 2 unspecified atom stereocenters. The van der Waals surface area contributed by atoms with Crippen molar-refractivity contribution in [2.45, 2.75) is 19.1 Å². The van der Waals surface area contributed by atoms with Crippen LogP contribution in [0.4, 0.5) is 0 Å². The number of nitrogens with one attached hydrogen (secondary N) is 1. The Morgan fingerprint density at radius 3 is 2.43 bits per heavy atom. The van der Waals surface area contributed by atoms with Gasteiger partial charge in [0.2, 0.25) is 5.91 Å². The number of aliphatic hydroxyl groups is 1. The summed E-state index contributed by atoms with van der Waals surface area (Å²) in [6.07, 6.45) is -1.95. The number of ether oxygens (including phenoxy) is 2. The summed E-state index contributed by atoms with van der Waals surface area (Å²) in [5.41, 5.74) is 0. The number of hydrogen-bond acceptors (Lipinski definition) is 5. The first kappa shape index (κ1) is 12.9. The van der Waals surface area contributed by atoms with Crippen LogP contribution >= 0.6 is 0 Å². The van der Waals surface area contributed by atoms with Crippen molar-refractivity contribution in [3.05, 3.63) is 0 Å². The van der Waals surface area contributed by atoms with Crippen molar-refractivity contribution in [2.24, 2.45) is 0 Å². The minimum Gasteiger partial charge on any atom is -0.467 e. The Bertz CT molecular complexity index is 206. The molecule has 0 saturated heterocycles. The lowest BCUT2D eigenvalue weighted by Crippen LogP contribution is -2.41. The Morgan fingerprint density at radius 1 is 1.43 bits per heavy atom. The van der Waals surface area contributed by atoms with Gasteiger partial charge in [-0.25, -0.2) is 4.79 Å². The lowest BCUT2D eigenvalue weighted by atomic mass is 10.3. The molecule has 0 heterocycles. The number of rotatable bonds is 5. The lowest BCUT2D eigenvalue weighted by molar-refractivity contribution is -0.150. The number of esters is 1. The van der Waals surface area contributed by atoms with E-state index in [1.54, 1.807) is 6.92 Å². The molecule has 2 atom stereocenters. The summed E-state index contributed by atoms with van der Waals surface area (Å²) >= 11 is 0. The quantitative estimate of drug-likeness (QED) is 0.543. The first-order chi connectivity index (χ1) is 6.52. The second-order valence-corrected chi connectivity index (χ2v) is 2.66. The van der Waals surface area contributed by atoms with Crippen LogP contribution in [0.2, 0.25) is 0 Å². The molecule has 0 radical (unpaired) electrons. The SMILES string of the molecule is COC(=O)C(O)CNC(=O)C(C)OC. The molecule has 0 fully saturated rings. The molecule has 0 aliphatic carbocycles. The largest absolute Gasteiger partial charge is 0.467 e. The van der Waals surface area contributed by atoms with Crippen molar-refractivity contribution in [3.8, 4) is 0 Å². The molecule has 6 heteroatoms. The van der Waals surface area contributed by atoms with Crippen molar-refractivity contribution < 1.29 is 24.2 Å². The molecule has 2 N–H and O–H groups in total. The molecule has 6 nitrogen and oxygen atoms in total. The van der Waals surface area contributed by atoms with Crippen LogP contribution in [0.25, 0.3) is 0 Å². The maximum atomic E-state index is 11.1. The molecule has 0 aliphatic heterocycles. The van der Waals surface area contributed by atoms with Gasteiger partial charge in [0.1, 0.15) is 6.10 Å². The fraction of sp³-hybridized carbons (Fsp3) is 0.750. The van der Waals surface area contributed by atoms with Crippen molar-refractivity contribution in [2.75, 3.05) is 20.8 Å². The third-order valence-electron chi connectivity index (χ3n) is 1.67. The zero-order chi connectivity index (χ0) is 11.1.